The minimum Gasteiger partial charge on any atom is -0.496 e. The molecule has 0 saturated heterocycles. The molecule has 0 aliphatic carbocycles. The van der Waals surface area contributed by atoms with Crippen LogP contribution in [0, 0.1) is 12.8 Å². The number of hydrogen-bond acceptors (Lipinski definition) is 3. The number of aryl methyl sites for hydroxylation is 1. The summed E-state index contributed by atoms with van der Waals surface area (Å²) in [4.78, 5) is 0. The van der Waals surface area contributed by atoms with Crippen molar-refractivity contribution in [1.82, 2.24) is 0 Å². The lowest BCUT2D eigenvalue weighted by molar-refractivity contribution is 0.132. The molecule has 0 unspecified atom stereocenters. The molecular formula is C15H25NO2. The molecule has 1 rings (SSSR count). The van der Waals surface area contributed by atoms with Gasteiger partial charge in [-0.25, -0.2) is 0 Å². The lowest BCUT2D eigenvalue weighted by Crippen LogP contribution is -2.10. The third-order valence-corrected chi connectivity index (χ3v) is 2.81. The maximum atomic E-state index is 5.55. The Bertz CT molecular complexity index is 350. The molecule has 18 heavy (non-hydrogen) atoms. The van der Waals surface area contributed by atoms with Crippen molar-refractivity contribution >= 4 is 5.69 Å². The van der Waals surface area contributed by atoms with Gasteiger partial charge in [0.1, 0.15) is 5.75 Å². The summed E-state index contributed by atoms with van der Waals surface area (Å²) in [5, 5.41) is 3.34. The van der Waals surface area contributed by atoms with Gasteiger partial charge in [-0.2, -0.15) is 0 Å². The second-order valence-corrected chi connectivity index (χ2v) is 4.91. The lowest BCUT2D eigenvalue weighted by atomic mass is 10.1. The number of ether oxygens (including phenoxy) is 2. The first-order valence-electron chi connectivity index (χ1n) is 6.59. The van der Waals surface area contributed by atoms with Crippen LogP contribution in [0.1, 0.15) is 25.8 Å². The maximum Gasteiger partial charge on any atom is 0.121 e. The van der Waals surface area contributed by atoms with E-state index < -0.39 is 0 Å². The molecule has 0 amide bonds. The standard InChI is InChI=1S/C15H25NO2/c1-12(2)7-9-18-10-8-16-14-5-6-15(17-4)13(3)11-14/h5-6,11-12,16H,7-10H2,1-4H3. The van der Waals surface area contributed by atoms with Gasteiger partial charge in [-0.3, -0.25) is 0 Å². The van der Waals surface area contributed by atoms with E-state index >= 15 is 0 Å². The predicted molar refractivity (Wildman–Crippen MR) is 76.5 cm³/mol. The van der Waals surface area contributed by atoms with Gasteiger partial charge in [0.25, 0.3) is 0 Å². The number of hydrogen-bond donors (Lipinski definition) is 1. The number of nitrogens with one attached hydrogen (secondary N) is 1. The van der Waals surface area contributed by atoms with Crippen LogP contribution in [0.25, 0.3) is 0 Å². The largest absolute Gasteiger partial charge is 0.496 e. The minimum atomic E-state index is 0.710. The molecule has 3 heteroatoms. The highest BCUT2D eigenvalue weighted by molar-refractivity contribution is 5.50. The molecule has 0 aliphatic heterocycles. The van der Waals surface area contributed by atoms with Crippen LogP contribution < -0.4 is 10.1 Å². The van der Waals surface area contributed by atoms with Crippen LogP contribution in [0.5, 0.6) is 5.75 Å². The third kappa shape index (κ3) is 5.41. The normalized spacial score (nSPS) is 10.7. The van der Waals surface area contributed by atoms with E-state index in [1.807, 2.05) is 19.1 Å². The van der Waals surface area contributed by atoms with Crippen LogP contribution in [0.3, 0.4) is 0 Å². The van der Waals surface area contributed by atoms with Crippen molar-refractivity contribution in [1.29, 1.82) is 0 Å². The molecular weight excluding hydrogens is 226 g/mol. The summed E-state index contributed by atoms with van der Waals surface area (Å²) >= 11 is 0. The van der Waals surface area contributed by atoms with Crippen LogP contribution >= 0.6 is 0 Å². The van der Waals surface area contributed by atoms with Gasteiger partial charge in [0.05, 0.1) is 13.7 Å². The summed E-state index contributed by atoms with van der Waals surface area (Å²) in [5.74, 6) is 1.64. The predicted octanol–water partition coefficient (Wildman–Crippen LogP) is 3.48. The first-order valence-corrected chi connectivity index (χ1v) is 6.59. The van der Waals surface area contributed by atoms with Crippen LogP contribution in [0.15, 0.2) is 18.2 Å². The Kier molecular flexibility index (Phi) is 6.58. The Hall–Kier alpha value is -1.22. The second kappa shape index (κ2) is 7.98. The molecule has 1 aromatic rings. The highest BCUT2D eigenvalue weighted by Gasteiger charge is 1.99. The molecule has 1 aromatic carbocycles. The van der Waals surface area contributed by atoms with Gasteiger partial charge in [-0.15, -0.1) is 0 Å². The zero-order chi connectivity index (χ0) is 13.4. The van der Waals surface area contributed by atoms with Gasteiger partial charge in [-0.1, -0.05) is 13.8 Å². The number of rotatable bonds is 8. The number of anilines is 1. The van der Waals surface area contributed by atoms with Crippen molar-refractivity contribution in [2.45, 2.75) is 27.2 Å². The molecule has 3 nitrogen and oxygen atoms in total. The monoisotopic (exact) mass is 251 g/mol. The van der Waals surface area contributed by atoms with Gasteiger partial charge in [0.15, 0.2) is 0 Å². The summed E-state index contributed by atoms with van der Waals surface area (Å²) in [6.45, 7) is 8.90. The van der Waals surface area contributed by atoms with Crippen molar-refractivity contribution in [3.8, 4) is 5.75 Å². The Labute approximate surface area is 110 Å². The summed E-state index contributed by atoms with van der Waals surface area (Å²) in [6.07, 6.45) is 1.13. The lowest BCUT2D eigenvalue weighted by Gasteiger charge is -2.10. The molecule has 0 radical (unpaired) electrons. The zero-order valence-electron chi connectivity index (χ0n) is 12.0. The van der Waals surface area contributed by atoms with Crippen molar-refractivity contribution in [3.63, 3.8) is 0 Å². The van der Waals surface area contributed by atoms with E-state index in [0.29, 0.717) is 5.92 Å². The molecule has 0 spiro atoms. The molecule has 0 fully saturated rings. The van der Waals surface area contributed by atoms with E-state index in [-0.39, 0.29) is 0 Å². The second-order valence-electron chi connectivity index (χ2n) is 4.91. The van der Waals surface area contributed by atoms with E-state index in [4.69, 9.17) is 9.47 Å². The SMILES string of the molecule is COc1ccc(NCCOCCC(C)C)cc1C. The maximum absolute atomic E-state index is 5.55. The average Bonchev–Trinajstić information content (AvgIpc) is 2.33. The Morgan fingerprint density at radius 3 is 2.61 bits per heavy atom. The van der Waals surface area contributed by atoms with E-state index in [1.54, 1.807) is 7.11 Å². The fraction of sp³-hybridized carbons (Fsp3) is 0.600. The molecule has 102 valence electrons. The zero-order valence-corrected chi connectivity index (χ0v) is 12.0. The highest BCUT2D eigenvalue weighted by atomic mass is 16.5. The molecule has 0 aliphatic rings. The Morgan fingerprint density at radius 2 is 2.00 bits per heavy atom. The van der Waals surface area contributed by atoms with Crippen LogP contribution in [0.2, 0.25) is 0 Å². The van der Waals surface area contributed by atoms with Crippen molar-refractivity contribution in [2.24, 2.45) is 5.92 Å². The molecule has 0 bridgehead atoms. The van der Waals surface area contributed by atoms with Gasteiger partial charge in [0.2, 0.25) is 0 Å². The van der Waals surface area contributed by atoms with Crippen molar-refractivity contribution in [2.75, 3.05) is 32.2 Å². The molecule has 0 aromatic heterocycles. The van der Waals surface area contributed by atoms with Gasteiger partial charge >= 0.3 is 0 Å². The van der Waals surface area contributed by atoms with Crippen molar-refractivity contribution in [3.05, 3.63) is 23.8 Å². The summed E-state index contributed by atoms with van der Waals surface area (Å²) in [6, 6.07) is 6.10. The average molecular weight is 251 g/mol. The van der Waals surface area contributed by atoms with E-state index in [0.717, 1.165) is 43.2 Å². The smallest absolute Gasteiger partial charge is 0.121 e. The van der Waals surface area contributed by atoms with Crippen molar-refractivity contribution < 1.29 is 9.47 Å². The van der Waals surface area contributed by atoms with Gasteiger partial charge in [0, 0.05) is 18.8 Å². The minimum absolute atomic E-state index is 0.710. The quantitative estimate of drug-likeness (QED) is 0.718. The summed E-state index contributed by atoms with van der Waals surface area (Å²) in [7, 11) is 1.69. The Morgan fingerprint density at radius 1 is 1.22 bits per heavy atom. The summed E-state index contributed by atoms with van der Waals surface area (Å²) in [5.41, 5.74) is 2.25. The van der Waals surface area contributed by atoms with E-state index in [9.17, 15) is 0 Å². The first-order chi connectivity index (χ1) is 8.63. The molecule has 1 N–H and O–H groups in total. The number of methoxy groups -OCH3 is 1. The van der Waals surface area contributed by atoms with Crippen LogP contribution in [-0.2, 0) is 4.74 Å². The third-order valence-electron chi connectivity index (χ3n) is 2.81. The van der Waals surface area contributed by atoms with Gasteiger partial charge in [-0.05, 0) is 43.0 Å². The van der Waals surface area contributed by atoms with Gasteiger partial charge < -0.3 is 14.8 Å². The fourth-order valence-corrected chi connectivity index (χ4v) is 1.68. The van der Waals surface area contributed by atoms with Crippen LogP contribution in [0.4, 0.5) is 5.69 Å². The first kappa shape index (κ1) is 14.8. The fourth-order valence-electron chi connectivity index (χ4n) is 1.68. The molecule has 0 saturated carbocycles. The molecule has 0 atom stereocenters. The van der Waals surface area contributed by atoms with E-state index in [1.165, 1.54) is 0 Å². The number of benzene rings is 1. The molecule has 0 heterocycles. The summed E-state index contributed by atoms with van der Waals surface area (Å²) < 4.78 is 10.8. The van der Waals surface area contributed by atoms with E-state index in [2.05, 4.69) is 25.2 Å². The van der Waals surface area contributed by atoms with Crippen LogP contribution in [-0.4, -0.2) is 26.9 Å². The highest BCUT2D eigenvalue weighted by Crippen LogP contribution is 2.21. The topological polar surface area (TPSA) is 30.5 Å². The Balaban J connectivity index is 2.21.